The van der Waals surface area contributed by atoms with Crippen molar-refractivity contribution in [1.82, 2.24) is 5.32 Å². The SMILES string of the molecule is NC(=O)c1cccc(C(=O)NC23CC4CC(CC(C4)C2)C3)c1O. The predicted octanol–water partition coefficient (Wildman–Crippen LogP) is 2.19. The van der Waals surface area contributed by atoms with E-state index in [1.54, 1.807) is 6.07 Å². The number of hydrogen-bond donors (Lipinski definition) is 3. The molecule has 0 aliphatic heterocycles. The maximum atomic E-state index is 12.7. The fourth-order valence-corrected chi connectivity index (χ4v) is 5.50. The van der Waals surface area contributed by atoms with E-state index in [1.807, 2.05) is 0 Å². The molecular weight excluding hydrogens is 292 g/mol. The molecule has 0 heterocycles. The molecule has 0 radical (unpaired) electrons. The number of carbonyl (C=O) groups excluding carboxylic acids is 2. The fraction of sp³-hybridized carbons (Fsp3) is 0.556. The smallest absolute Gasteiger partial charge is 0.255 e. The predicted molar refractivity (Wildman–Crippen MR) is 85.0 cm³/mol. The number of primary amides is 1. The maximum Gasteiger partial charge on any atom is 0.255 e. The van der Waals surface area contributed by atoms with Gasteiger partial charge >= 0.3 is 0 Å². The highest BCUT2D eigenvalue weighted by molar-refractivity contribution is 6.03. The highest BCUT2D eigenvalue weighted by Crippen LogP contribution is 2.55. The topological polar surface area (TPSA) is 92.4 Å². The Kier molecular flexibility index (Phi) is 3.15. The van der Waals surface area contributed by atoms with Gasteiger partial charge in [0, 0.05) is 5.54 Å². The van der Waals surface area contributed by atoms with E-state index >= 15 is 0 Å². The first-order chi connectivity index (χ1) is 11.0. The largest absolute Gasteiger partial charge is 0.506 e. The Labute approximate surface area is 135 Å². The number of hydrogen-bond acceptors (Lipinski definition) is 3. The van der Waals surface area contributed by atoms with Gasteiger partial charge in [-0.25, -0.2) is 0 Å². The minimum Gasteiger partial charge on any atom is -0.506 e. The molecule has 2 amide bonds. The number of nitrogens with one attached hydrogen (secondary N) is 1. The van der Waals surface area contributed by atoms with Crippen molar-refractivity contribution in [2.24, 2.45) is 23.5 Å². The molecule has 122 valence electrons. The number of aromatic hydroxyl groups is 1. The van der Waals surface area contributed by atoms with E-state index in [0.717, 1.165) is 37.0 Å². The van der Waals surface area contributed by atoms with Gasteiger partial charge in [0.1, 0.15) is 5.75 Å². The Balaban J connectivity index is 1.59. The number of benzene rings is 1. The zero-order chi connectivity index (χ0) is 16.2. The molecule has 5 rings (SSSR count). The summed E-state index contributed by atoms with van der Waals surface area (Å²) in [4.78, 5) is 24.0. The quantitative estimate of drug-likeness (QED) is 0.798. The molecule has 5 nitrogen and oxygen atoms in total. The van der Waals surface area contributed by atoms with Gasteiger partial charge in [-0.2, -0.15) is 0 Å². The van der Waals surface area contributed by atoms with Crippen molar-refractivity contribution in [2.45, 2.75) is 44.1 Å². The first-order valence-corrected chi connectivity index (χ1v) is 8.40. The van der Waals surface area contributed by atoms with Crippen LogP contribution in [0.25, 0.3) is 0 Å². The van der Waals surface area contributed by atoms with Crippen molar-refractivity contribution in [3.8, 4) is 5.75 Å². The Hall–Kier alpha value is -2.04. The Bertz CT molecular complexity index is 648. The lowest BCUT2D eigenvalue weighted by Gasteiger charge is -2.56. The van der Waals surface area contributed by atoms with E-state index in [9.17, 15) is 14.7 Å². The van der Waals surface area contributed by atoms with E-state index in [4.69, 9.17) is 5.73 Å². The molecule has 4 N–H and O–H groups in total. The standard InChI is InChI=1S/C18H22N2O3/c19-16(22)13-2-1-3-14(15(13)21)17(23)20-18-7-10-4-11(8-18)6-12(5-10)9-18/h1-3,10-12,21H,4-9H2,(H2,19,22)(H,20,23). The number of amides is 2. The molecule has 0 spiro atoms. The molecule has 4 aliphatic carbocycles. The van der Waals surface area contributed by atoms with Gasteiger partial charge in [0.2, 0.25) is 0 Å². The van der Waals surface area contributed by atoms with E-state index in [-0.39, 0.29) is 28.3 Å². The van der Waals surface area contributed by atoms with Crippen LogP contribution in [0.1, 0.15) is 59.2 Å². The molecule has 0 saturated heterocycles. The van der Waals surface area contributed by atoms with Crippen LogP contribution in [0.3, 0.4) is 0 Å². The summed E-state index contributed by atoms with van der Waals surface area (Å²) in [5.74, 6) is 0.841. The van der Waals surface area contributed by atoms with E-state index in [2.05, 4.69) is 5.32 Å². The molecule has 4 saturated carbocycles. The van der Waals surface area contributed by atoms with E-state index in [1.165, 1.54) is 31.4 Å². The summed E-state index contributed by atoms with van der Waals surface area (Å²) in [6, 6.07) is 4.55. The molecule has 1 aromatic rings. The monoisotopic (exact) mass is 314 g/mol. The highest BCUT2D eigenvalue weighted by atomic mass is 16.3. The molecule has 5 heteroatoms. The summed E-state index contributed by atoms with van der Waals surface area (Å²) in [6.45, 7) is 0. The van der Waals surface area contributed by atoms with Crippen LogP contribution in [-0.4, -0.2) is 22.5 Å². The van der Waals surface area contributed by atoms with Gasteiger partial charge in [-0.15, -0.1) is 0 Å². The van der Waals surface area contributed by atoms with Crippen LogP contribution < -0.4 is 11.1 Å². The first kappa shape index (κ1) is 14.5. The molecule has 0 unspecified atom stereocenters. The number of nitrogens with two attached hydrogens (primary N) is 1. The molecule has 23 heavy (non-hydrogen) atoms. The summed E-state index contributed by atoms with van der Waals surface area (Å²) >= 11 is 0. The molecular formula is C18H22N2O3. The van der Waals surface area contributed by atoms with Gasteiger partial charge < -0.3 is 16.2 Å². The third-order valence-corrected chi connectivity index (χ3v) is 5.96. The fourth-order valence-electron chi connectivity index (χ4n) is 5.50. The second kappa shape index (κ2) is 4.98. The van der Waals surface area contributed by atoms with Crippen LogP contribution in [0.4, 0.5) is 0 Å². The van der Waals surface area contributed by atoms with Crippen LogP contribution in [0.15, 0.2) is 18.2 Å². The maximum absolute atomic E-state index is 12.7. The van der Waals surface area contributed by atoms with Gasteiger partial charge in [-0.3, -0.25) is 9.59 Å². The van der Waals surface area contributed by atoms with Gasteiger partial charge in [0.15, 0.2) is 0 Å². The molecule has 0 atom stereocenters. The second-order valence-corrected chi connectivity index (χ2v) is 7.72. The molecule has 1 aromatic carbocycles. The van der Waals surface area contributed by atoms with Crippen LogP contribution in [0, 0.1) is 17.8 Å². The van der Waals surface area contributed by atoms with Crippen molar-refractivity contribution < 1.29 is 14.7 Å². The summed E-state index contributed by atoms with van der Waals surface area (Å²) in [7, 11) is 0. The Morgan fingerprint density at radius 3 is 2.09 bits per heavy atom. The molecule has 4 aliphatic rings. The normalized spacial score (nSPS) is 34.3. The molecule has 4 fully saturated rings. The van der Waals surface area contributed by atoms with Crippen LogP contribution in [0.5, 0.6) is 5.75 Å². The Morgan fingerprint density at radius 2 is 1.57 bits per heavy atom. The van der Waals surface area contributed by atoms with Gasteiger partial charge in [-0.1, -0.05) is 6.07 Å². The van der Waals surface area contributed by atoms with Crippen molar-refractivity contribution in [3.05, 3.63) is 29.3 Å². The number of para-hydroxylation sites is 1. The third kappa shape index (κ3) is 2.38. The number of carbonyl (C=O) groups is 2. The third-order valence-electron chi connectivity index (χ3n) is 5.96. The average molecular weight is 314 g/mol. The highest BCUT2D eigenvalue weighted by Gasteiger charge is 2.51. The zero-order valence-electron chi connectivity index (χ0n) is 13.0. The summed E-state index contributed by atoms with van der Waals surface area (Å²) in [6.07, 6.45) is 7.04. The first-order valence-electron chi connectivity index (χ1n) is 8.40. The lowest BCUT2D eigenvalue weighted by Crippen LogP contribution is -2.59. The zero-order valence-corrected chi connectivity index (χ0v) is 13.0. The molecule has 4 bridgehead atoms. The van der Waals surface area contributed by atoms with E-state index < -0.39 is 5.91 Å². The Morgan fingerprint density at radius 1 is 1.04 bits per heavy atom. The number of rotatable bonds is 3. The average Bonchev–Trinajstić information content (AvgIpc) is 2.44. The van der Waals surface area contributed by atoms with Crippen LogP contribution >= 0.6 is 0 Å². The summed E-state index contributed by atoms with van der Waals surface area (Å²) < 4.78 is 0. The van der Waals surface area contributed by atoms with Crippen LogP contribution in [-0.2, 0) is 0 Å². The van der Waals surface area contributed by atoms with Gasteiger partial charge in [0.05, 0.1) is 11.1 Å². The summed E-state index contributed by atoms with van der Waals surface area (Å²) in [5.41, 5.74) is 5.24. The van der Waals surface area contributed by atoms with Gasteiger partial charge in [0.25, 0.3) is 11.8 Å². The van der Waals surface area contributed by atoms with Gasteiger partial charge in [-0.05, 0) is 68.4 Å². The van der Waals surface area contributed by atoms with Crippen molar-refractivity contribution >= 4 is 11.8 Å². The van der Waals surface area contributed by atoms with Crippen molar-refractivity contribution in [2.75, 3.05) is 0 Å². The second-order valence-electron chi connectivity index (χ2n) is 7.72. The summed E-state index contributed by atoms with van der Waals surface area (Å²) in [5, 5.41) is 13.4. The van der Waals surface area contributed by atoms with Crippen molar-refractivity contribution in [1.29, 1.82) is 0 Å². The lowest BCUT2D eigenvalue weighted by atomic mass is 9.53. The molecule has 0 aromatic heterocycles. The van der Waals surface area contributed by atoms with Crippen LogP contribution in [0.2, 0.25) is 0 Å². The van der Waals surface area contributed by atoms with Crippen molar-refractivity contribution in [3.63, 3.8) is 0 Å². The minimum atomic E-state index is -0.730. The lowest BCUT2D eigenvalue weighted by molar-refractivity contribution is -0.0167. The minimum absolute atomic E-state index is 0.0110. The number of phenols is 1. The van der Waals surface area contributed by atoms with E-state index in [0.29, 0.717) is 0 Å².